The number of piperidine rings is 1. The monoisotopic (exact) mass is 325 g/mol. The second-order valence-corrected chi connectivity index (χ2v) is 6.25. The summed E-state index contributed by atoms with van der Waals surface area (Å²) in [6.45, 7) is 3.62. The number of aromatic nitrogens is 3. The van der Waals surface area contributed by atoms with Gasteiger partial charge in [-0.1, -0.05) is 11.3 Å². The van der Waals surface area contributed by atoms with Crippen LogP contribution in [0.3, 0.4) is 0 Å². The Labute approximate surface area is 131 Å². The van der Waals surface area contributed by atoms with Crippen molar-refractivity contribution in [3.63, 3.8) is 0 Å². The van der Waals surface area contributed by atoms with Crippen LogP contribution in [0.2, 0.25) is 0 Å². The largest absolute Gasteiger partial charge is 0.348 e. The van der Waals surface area contributed by atoms with Crippen LogP contribution in [0.1, 0.15) is 29.0 Å². The first-order valence-electron chi connectivity index (χ1n) is 6.81. The van der Waals surface area contributed by atoms with Crippen molar-refractivity contribution in [2.45, 2.75) is 25.8 Å². The van der Waals surface area contributed by atoms with Gasteiger partial charge in [0.15, 0.2) is 0 Å². The van der Waals surface area contributed by atoms with E-state index in [1.807, 2.05) is 13.0 Å². The molecule has 0 atom stereocenters. The SMILES string of the molecule is Cc1ccc(C(=O)NC2CCN(c3nncs3)CC2)n1Cl. The van der Waals surface area contributed by atoms with Crippen LogP contribution in [-0.2, 0) is 0 Å². The minimum Gasteiger partial charge on any atom is -0.348 e. The van der Waals surface area contributed by atoms with Crippen molar-refractivity contribution < 1.29 is 4.79 Å². The van der Waals surface area contributed by atoms with Gasteiger partial charge in [-0.25, -0.2) is 0 Å². The molecule has 0 aromatic carbocycles. The number of amides is 1. The Kier molecular flexibility index (Phi) is 4.12. The molecule has 0 unspecified atom stereocenters. The van der Waals surface area contributed by atoms with Crippen molar-refractivity contribution in [3.8, 4) is 0 Å². The molecule has 1 aliphatic heterocycles. The minimum absolute atomic E-state index is 0.118. The van der Waals surface area contributed by atoms with Crippen molar-refractivity contribution in [2.75, 3.05) is 18.0 Å². The van der Waals surface area contributed by atoms with Crippen molar-refractivity contribution in [1.29, 1.82) is 0 Å². The maximum Gasteiger partial charge on any atom is 0.269 e. The molecule has 3 heterocycles. The highest BCUT2D eigenvalue weighted by molar-refractivity contribution is 7.13. The van der Waals surface area contributed by atoms with Gasteiger partial charge in [-0.2, -0.15) is 0 Å². The number of anilines is 1. The highest BCUT2D eigenvalue weighted by atomic mass is 35.5. The lowest BCUT2D eigenvalue weighted by Crippen LogP contribution is -2.45. The normalized spacial score (nSPS) is 16.2. The summed E-state index contributed by atoms with van der Waals surface area (Å²) in [6.07, 6.45) is 1.79. The molecule has 1 amide bonds. The Morgan fingerprint density at radius 3 is 2.76 bits per heavy atom. The molecule has 1 saturated heterocycles. The van der Waals surface area contributed by atoms with Crippen molar-refractivity contribution in [1.82, 2.24) is 19.6 Å². The van der Waals surface area contributed by atoms with Crippen LogP contribution in [0, 0.1) is 6.92 Å². The number of aryl methyl sites for hydroxylation is 1. The molecule has 0 radical (unpaired) electrons. The van der Waals surface area contributed by atoms with Crippen LogP contribution in [-0.4, -0.2) is 39.3 Å². The molecule has 6 nitrogen and oxygen atoms in total. The van der Waals surface area contributed by atoms with E-state index in [1.165, 1.54) is 4.09 Å². The van der Waals surface area contributed by atoms with Gasteiger partial charge in [-0.3, -0.25) is 8.88 Å². The Balaban J connectivity index is 1.56. The molecule has 21 heavy (non-hydrogen) atoms. The Morgan fingerprint density at radius 1 is 1.43 bits per heavy atom. The topological polar surface area (TPSA) is 63.1 Å². The Morgan fingerprint density at radius 2 is 2.19 bits per heavy atom. The second-order valence-electron chi connectivity index (χ2n) is 5.10. The van der Waals surface area contributed by atoms with Crippen LogP contribution in [0.15, 0.2) is 17.6 Å². The van der Waals surface area contributed by atoms with Crippen molar-refractivity contribution >= 4 is 34.2 Å². The van der Waals surface area contributed by atoms with E-state index in [0.29, 0.717) is 5.69 Å². The number of carbonyl (C=O) groups excluding carboxylic acids is 1. The lowest BCUT2D eigenvalue weighted by Gasteiger charge is -2.31. The van der Waals surface area contributed by atoms with Gasteiger partial charge < -0.3 is 10.2 Å². The van der Waals surface area contributed by atoms with Crippen molar-refractivity contribution in [3.05, 3.63) is 29.0 Å². The lowest BCUT2D eigenvalue weighted by molar-refractivity contribution is 0.0925. The van der Waals surface area contributed by atoms with E-state index in [1.54, 1.807) is 22.9 Å². The molecule has 0 bridgehead atoms. The first-order valence-corrected chi connectivity index (χ1v) is 8.03. The van der Waals surface area contributed by atoms with E-state index in [2.05, 4.69) is 20.4 Å². The number of hydrogen-bond donors (Lipinski definition) is 1. The summed E-state index contributed by atoms with van der Waals surface area (Å²) < 4.78 is 1.39. The molecule has 2 aromatic heterocycles. The summed E-state index contributed by atoms with van der Waals surface area (Å²) in [5.74, 6) is -0.118. The number of halogens is 1. The standard InChI is InChI=1S/C13H16ClN5OS/c1-9-2-3-11(19(9)14)12(20)16-10-4-6-18(7-5-10)13-17-15-8-21-13/h2-3,8,10H,4-7H2,1H3,(H,16,20). The fourth-order valence-corrected chi connectivity index (χ4v) is 3.27. The van der Waals surface area contributed by atoms with Gasteiger partial charge in [0.05, 0.1) is 0 Å². The number of nitrogens with zero attached hydrogens (tertiary/aromatic N) is 4. The van der Waals surface area contributed by atoms with Crippen LogP contribution in [0.4, 0.5) is 5.13 Å². The highest BCUT2D eigenvalue weighted by Crippen LogP contribution is 2.21. The third-order valence-corrected chi connectivity index (χ3v) is 4.88. The van der Waals surface area contributed by atoms with Gasteiger partial charge in [0.2, 0.25) is 5.13 Å². The molecule has 1 N–H and O–H groups in total. The zero-order valence-corrected chi connectivity index (χ0v) is 13.2. The predicted molar refractivity (Wildman–Crippen MR) is 83.0 cm³/mol. The summed E-state index contributed by atoms with van der Waals surface area (Å²) in [5, 5.41) is 11.9. The molecule has 1 fully saturated rings. The number of carbonyl (C=O) groups is 1. The predicted octanol–water partition coefficient (Wildman–Crippen LogP) is 2.05. The number of hydrogen-bond acceptors (Lipinski definition) is 5. The van der Waals surface area contributed by atoms with Crippen LogP contribution < -0.4 is 10.2 Å². The third kappa shape index (κ3) is 3.03. The van der Waals surface area contributed by atoms with Crippen LogP contribution in [0.25, 0.3) is 0 Å². The van der Waals surface area contributed by atoms with E-state index in [0.717, 1.165) is 36.8 Å². The van der Waals surface area contributed by atoms with Gasteiger partial charge in [0.1, 0.15) is 11.2 Å². The van der Waals surface area contributed by atoms with Gasteiger partial charge in [-0.05, 0) is 31.9 Å². The summed E-state index contributed by atoms with van der Waals surface area (Å²) in [4.78, 5) is 14.4. The van der Waals surface area contributed by atoms with Gasteiger partial charge in [0, 0.05) is 36.6 Å². The minimum atomic E-state index is -0.118. The molecule has 3 rings (SSSR count). The van der Waals surface area contributed by atoms with Crippen molar-refractivity contribution in [2.24, 2.45) is 0 Å². The van der Waals surface area contributed by atoms with E-state index in [9.17, 15) is 4.79 Å². The van der Waals surface area contributed by atoms with Gasteiger partial charge in [-0.15, -0.1) is 10.2 Å². The molecule has 2 aromatic rings. The maximum absolute atomic E-state index is 12.2. The van der Waals surface area contributed by atoms with E-state index in [-0.39, 0.29) is 11.9 Å². The Hall–Kier alpha value is -1.60. The number of rotatable bonds is 3. The molecule has 0 spiro atoms. The number of nitrogens with one attached hydrogen (secondary N) is 1. The molecule has 0 aliphatic carbocycles. The Bertz CT molecular complexity index is 619. The molecule has 0 saturated carbocycles. The molecular formula is C13H16ClN5OS. The summed E-state index contributed by atoms with van der Waals surface area (Å²) in [7, 11) is 0. The quantitative estimate of drug-likeness (QED) is 0.938. The fraction of sp³-hybridized carbons (Fsp3) is 0.462. The highest BCUT2D eigenvalue weighted by Gasteiger charge is 2.23. The first kappa shape index (κ1) is 14.3. The zero-order chi connectivity index (χ0) is 14.8. The maximum atomic E-state index is 12.2. The summed E-state index contributed by atoms with van der Waals surface area (Å²) in [6, 6.07) is 3.75. The first-order chi connectivity index (χ1) is 10.1. The second kappa shape index (κ2) is 6.03. The van der Waals surface area contributed by atoms with Crippen LogP contribution >= 0.6 is 23.1 Å². The molecular weight excluding hydrogens is 310 g/mol. The van der Waals surface area contributed by atoms with Crippen LogP contribution in [0.5, 0.6) is 0 Å². The summed E-state index contributed by atoms with van der Waals surface area (Å²) in [5.41, 5.74) is 3.08. The fourth-order valence-electron chi connectivity index (χ4n) is 2.46. The third-order valence-electron chi connectivity index (χ3n) is 3.69. The smallest absolute Gasteiger partial charge is 0.269 e. The van der Waals surface area contributed by atoms with Gasteiger partial charge in [0.25, 0.3) is 5.91 Å². The molecule has 112 valence electrons. The average molecular weight is 326 g/mol. The zero-order valence-electron chi connectivity index (χ0n) is 11.6. The molecule has 8 heteroatoms. The van der Waals surface area contributed by atoms with E-state index < -0.39 is 0 Å². The lowest BCUT2D eigenvalue weighted by atomic mass is 10.1. The summed E-state index contributed by atoms with van der Waals surface area (Å²) >= 11 is 7.59. The van der Waals surface area contributed by atoms with Gasteiger partial charge >= 0.3 is 0 Å². The molecule has 1 aliphatic rings. The average Bonchev–Trinajstić information content (AvgIpc) is 3.11. The van der Waals surface area contributed by atoms with E-state index in [4.69, 9.17) is 11.8 Å². The van der Waals surface area contributed by atoms with E-state index >= 15 is 0 Å².